The van der Waals surface area contributed by atoms with Crippen LogP contribution in [0, 0.1) is 0 Å². The predicted octanol–water partition coefficient (Wildman–Crippen LogP) is 12.1. The number of rotatable bonds is 36. The lowest BCUT2D eigenvalue weighted by molar-refractivity contribution is 0.406. The standard InChI is InChI=1S/C44H83N5/c1-3-5-7-9-11-13-15-17-19-21-23-25-27-29-31-33-43-46-37-41-48(43)39-35-45-36-40-49-42-38-47-44(49)34-32-30-28-26-24-22-20-18-16-14-12-10-8-6-4-2/h17-20,45H,3-16,21-42H2,1-2H3/b19-17+,20-18+. The molecule has 0 spiro atoms. The molecule has 0 radical (unpaired) electrons. The van der Waals surface area contributed by atoms with Gasteiger partial charge in [0.25, 0.3) is 0 Å². The van der Waals surface area contributed by atoms with Gasteiger partial charge in [-0.25, -0.2) is 0 Å². The van der Waals surface area contributed by atoms with Gasteiger partial charge in [-0.3, -0.25) is 9.98 Å². The SMILES string of the molecule is CCCCCCCC/C=C/CCCCCCCC1=NCCN1CCNCCN1CCN=C1CCCCCCC/C=C/CCCCCCCC. The molecule has 1 N–H and O–H groups in total. The van der Waals surface area contributed by atoms with Crippen molar-refractivity contribution in [2.24, 2.45) is 9.98 Å². The molecular formula is C44H83N5. The maximum Gasteiger partial charge on any atom is 0.0990 e. The minimum Gasteiger partial charge on any atom is -0.357 e. The molecule has 284 valence electrons. The van der Waals surface area contributed by atoms with Crippen LogP contribution in [0.4, 0.5) is 0 Å². The minimum absolute atomic E-state index is 0.990. The highest BCUT2D eigenvalue weighted by Crippen LogP contribution is 2.15. The quantitative estimate of drug-likeness (QED) is 0.0529. The molecule has 0 aromatic heterocycles. The summed E-state index contributed by atoms with van der Waals surface area (Å²) in [6.45, 7) is 13.1. The molecule has 49 heavy (non-hydrogen) atoms. The first-order valence-corrected chi connectivity index (χ1v) is 21.9. The van der Waals surface area contributed by atoms with E-state index in [-0.39, 0.29) is 0 Å². The zero-order chi connectivity index (χ0) is 34.7. The molecule has 2 aliphatic heterocycles. The second kappa shape index (κ2) is 33.5. The average Bonchev–Trinajstić information content (AvgIpc) is 3.77. The van der Waals surface area contributed by atoms with Gasteiger partial charge in [0.1, 0.15) is 0 Å². The van der Waals surface area contributed by atoms with Crippen molar-refractivity contribution in [3.8, 4) is 0 Å². The van der Waals surface area contributed by atoms with Gasteiger partial charge in [0.2, 0.25) is 0 Å². The molecule has 5 heteroatoms. The lowest BCUT2D eigenvalue weighted by Crippen LogP contribution is -2.39. The molecule has 0 fully saturated rings. The molecular weight excluding hydrogens is 599 g/mol. The highest BCUT2D eigenvalue weighted by Gasteiger charge is 2.17. The van der Waals surface area contributed by atoms with E-state index < -0.39 is 0 Å². The number of amidine groups is 2. The Hall–Kier alpha value is -1.62. The normalized spacial score (nSPS) is 15.1. The number of hydrogen-bond donors (Lipinski definition) is 1. The van der Waals surface area contributed by atoms with Crippen LogP contribution >= 0.6 is 0 Å². The smallest absolute Gasteiger partial charge is 0.0990 e. The maximum absolute atomic E-state index is 4.85. The third kappa shape index (κ3) is 25.1. The van der Waals surface area contributed by atoms with E-state index in [1.165, 1.54) is 191 Å². The maximum atomic E-state index is 4.85. The number of allylic oxidation sites excluding steroid dienone is 4. The highest BCUT2D eigenvalue weighted by molar-refractivity contribution is 5.84. The Morgan fingerprint density at radius 1 is 0.449 bits per heavy atom. The van der Waals surface area contributed by atoms with Crippen LogP contribution in [0.15, 0.2) is 34.3 Å². The summed E-state index contributed by atoms with van der Waals surface area (Å²) < 4.78 is 0. The van der Waals surface area contributed by atoms with Gasteiger partial charge in [-0.15, -0.1) is 0 Å². The summed E-state index contributed by atoms with van der Waals surface area (Å²) in [4.78, 5) is 14.8. The van der Waals surface area contributed by atoms with E-state index in [1.54, 1.807) is 0 Å². The zero-order valence-corrected chi connectivity index (χ0v) is 33.1. The second-order valence-corrected chi connectivity index (χ2v) is 15.0. The summed E-state index contributed by atoms with van der Waals surface area (Å²) in [5.74, 6) is 2.74. The van der Waals surface area contributed by atoms with Crippen molar-refractivity contribution < 1.29 is 0 Å². The van der Waals surface area contributed by atoms with Crippen molar-refractivity contribution in [3.05, 3.63) is 24.3 Å². The zero-order valence-electron chi connectivity index (χ0n) is 33.1. The fourth-order valence-electron chi connectivity index (χ4n) is 7.27. The van der Waals surface area contributed by atoms with Crippen LogP contribution in [0.2, 0.25) is 0 Å². The van der Waals surface area contributed by atoms with Crippen LogP contribution in [0.1, 0.15) is 194 Å². The minimum atomic E-state index is 0.990. The van der Waals surface area contributed by atoms with E-state index in [4.69, 9.17) is 9.98 Å². The summed E-state index contributed by atoms with van der Waals surface area (Å²) in [7, 11) is 0. The van der Waals surface area contributed by atoms with Crippen molar-refractivity contribution in [1.29, 1.82) is 0 Å². The highest BCUT2D eigenvalue weighted by atomic mass is 15.3. The van der Waals surface area contributed by atoms with E-state index in [9.17, 15) is 0 Å². The number of nitrogens with zero attached hydrogens (tertiary/aromatic N) is 4. The van der Waals surface area contributed by atoms with Crippen molar-refractivity contribution in [2.45, 2.75) is 194 Å². The first-order chi connectivity index (χ1) is 24.3. The van der Waals surface area contributed by atoms with Crippen molar-refractivity contribution in [3.63, 3.8) is 0 Å². The number of unbranched alkanes of at least 4 members (excludes halogenated alkanes) is 22. The first kappa shape index (κ1) is 43.5. The predicted molar refractivity (Wildman–Crippen MR) is 220 cm³/mol. The third-order valence-corrected chi connectivity index (χ3v) is 10.5. The Morgan fingerprint density at radius 2 is 0.776 bits per heavy atom. The van der Waals surface area contributed by atoms with E-state index in [1.807, 2.05) is 0 Å². The van der Waals surface area contributed by atoms with Crippen LogP contribution < -0.4 is 5.32 Å². The van der Waals surface area contributed by atoms with Crippen LogP contribution in [0.5, 0.6) is 0 Å². The molecule has 0 saturated carbocycles. The molecule has 0 amide bonds. The molecule has 0 saturated heterocycles. The third-order valence-electron chi connectivity index (χ3n) is 10.5. The van der Waals surface area contributed by atoms with E-state index >= 15 is 0 Å². The van der Waals surface area contributed by atoms with Crippen LogP contribution in [0.3, 0.4) is 0 Å². The summed E-state index contributed by atoms with van der Waals surface area (Å²) in [6, 6.07) is 0. The van der Waals surface area contributed by atoms with E-state index in [2.05, 4.69) is 53.3 Å². The lowest BCUT2D eigenvalue weighted by Gasteiger charge is -2.23. The molecule has 2 aliphatic rings. The topological polar surface area (TPSA) is 43.2 Å². The molecule has 0 aromatic carbocycles. The largest absolute Gasteiger partial charge is 0.357 e. The van der Waals surface area contributed by atoms with Gasteiger partial charge in [0, 0.05) is 52.1 Å². The summed E-state index contributed by atoms with van der Waals surface area (Å²) >= 11 is 0. The van der Waals surface area contributed by atoms with Gasteiger partial charge in [-0.2, -0.15) is 0 Å². The first-order valence-electron chi connectivity index (χ1n) is 21.9. The summed E-state index contributed by atoms with van der Waals surface area (Å²) in [5, 5.41) is 3.72. The van der Waals surface area contributed by atoms with Gasteiger partial charge in [0.15, 0.2) is 0 Å². The number of aliphatic imine (C=N–C) groups is 2. The number of hydrogen-bond acceptors (Lipinski definition) is 5. The fraction of sp³-hybridized carbons (Fsp3) is 0.864. The van der Waals surface area contributed by atoms with Gasteiger partial charge >= 0.3 is 0 Å². The van der Waals surface area contributed by atoms with Gasteiger partial charge in [0.05, 0.1) is 24.8 Å². The summed E-state index contributed by atoms with van der Waals surface area (Å²) in [5.41, 5.74) is 0. The van der Waals surface area contributed by atoms with Crippen molar-refractivity contribution >= 4 is 11.7 Å². The lowest BCUT2D eigenvalue weighted by atomic mass is 10.1. The Labute approximate surface area is 306 Å². The van der Waals surface area contributed by atoms with Crippen molar-refractivity contribution in [1.82, 2.24) is 15.1 Å². The molecule has 0 atom stereocenters. The molecule has 0 aliphatic carbocycles. The van der Waals surface area contributed by atoms with E-state index in [0.717, 1.165) is 52.4 Å². The molecule has 2 heterocycles. The molecule has 5 nitrogen and oxygen atoms in total. The van der Waals surface area contributed by atoms with Gasteiger partial charge < -0.3 is 15.1 Å². The fourth-order valence-corrected chi connectivity index (χ4v) is 7.27. The molecule has 0 bridgehead atoms. The Kier molecular flexibility index (Phi) is 29.8. The van der Waals surface area contributed by atoms with E-state index in [0.29, 0.717) is 0 Å². The van der Waals surface area contributed by atoms with Gasteiger partial charge in [-0.1, -0.05) is 141 Å². The molecule has 0 unspecified atom stereocenters. The Balaban J connectivity index is 1.37. The molecule has 0 aromatic rings. The average molecular weight is 682 g/mol. The monoisotopic (exact) mass is 682 g/mol. The Morgan fingerprint density at radius 3 is 1.14 bits per heavy atom. The number of nitrogens with one attached hydrogen (secondary N) is 1. The van der Waals surface area contributed by atoms with Crippen LogP contribution in [-0.4, -0.2) is 73.8 Å². The van der Waals surface area contributed by atoms with Crippen molar-refractivity contribution in [2.75, 3.05) is 52.4 Å². The van der Waals surface area contributed by atoms with Crippen LogP contribution in [0.25, 0.3) is 0 Å². The summed E-state index contributed by atoms with van der Waals surface area (Å²) in [6.07, 6.45) is 47.5. The molecule has 2 rings (SSSR count). The second-order valence-electron chi connectivity index (χ2n) is 15.0. The Bertz CT molecular complexity index is 778. The van der Waals surface area contributed by atoms with Crippen LogP contribution in [-0.2, 0) is 0 Å². The van der Waals surface area contributed by atoms with Gasteiger partial charge in [-0.05, 0) is 64.2 Å².